The average molecular weight is 386 g/mol. The summed E-state index contributed by atoms with van der Waals surface area (Å²) < 4.78 is 4.99. The molecule has 152 valence electrons. The van der Waals surface area contributed by atoms with Gasteiger partial charge in [-0.05, 0) is 45.1 Å². The van der Waals surface area contributed by atoms with Crippen LogP contribution in [0.25, 0.3) is 0 Å². The highest BCUT2D eigenvalue weighted by atomic mass is 16.5. The fraction of sp³-hybridized carbons (Fsp3) is 0.667. The van der Waals surface area contributed by atoms with Crippen molar-refractivity contribution in [1.29, 1.82) is 0 Å². The van der Waals surface area contributed by atoms with Gasteiger partial charge in [0.05, 0.1) is 6.20 Å². The van der Waals surface area contributed by atoms with Crippen LogP contribution in [0, 0.1) is 12.8 Å². The molecular weight excluding hydrogens is 354 g/mol. The van der Waals surface area contributed by atoms with Crippen LogP contribution in [0.2, 0.25) is 0 Å². The van der Waals surface area contributed by atoms with Gasteiger partial charge >= 0.3 is 0 Å². The molecule has 0 bridgehead atoms. The second-order valence-corrected chi connectivity index (χ2v) is 8.42. The van der Waals surface area contributed by atoms with Gasteiger partial charge in [-0.25, -0.2) is 0 Å². The summed E-state index contributed by atoms with van der Waals surface area (Å²) in [5.74, 6) is 1.62. The molecule has 4 rings (SSSR count). The first-order valence-corrected chi connectivity index (χ1v) is 10.6. The number of nitrogens with one attached hydrogen (secondary N) is 2. The zero-order chi connectivity index (χ0) is 19.3. The van der Waals surface area contributed by atoms with Crippen LogP contribution in [0.5, 0.6) is 0 Å². The maximum Gasteiger partial charge on any atom is 0.273 e. The highest BCUT2D eigenvalue weighted by molar-refractivity contribution is 5.92. The van der Waals surface area contributed by atoms with Crippen LogP contribution in [0.15, 0.2) is 16.8 Å². The number of H-pyrrole nitrogens is 1. The number of aryl methyl sites for hydroxylation is 1. The van der Waals surface area contributed by atoms with Gasteiger partial charge in [0.1, 0.15) is 5.76 Å². The van der Waals surface area contributed by atoms with E-state index < -0.39 is 0 Å². The molecule has 0 spiro atoms. The van der Waals surface area contributed by atoms with Crippen molar-refractivity contribution in [3.63, 3.8) is 0 Å². The van der Waals surface area contributed by atoms with E-state index in [1.807, 2.05) is 6.20 Å². The number of likely N-dealkylation sites (tertiary alicyclic amines) is 1. The SMILES string of the molecule is Cc1cc(C(=O)NCC2CCCN(Cc3cn[nH]c3C3CCCCC3)C2)no1. The van der Waals surface area contributed by atoms with Gasteiger partial charge < -0.3 is 9.84 Å². The summed E-state index contributed by atoms with van der Waals surface area (Å²) in [6.07, 6.45) is 10.9. The topological polar surface area (TPSA) is 87.0 Å². The van der Waals surface area contributed by atoms with Gasteiger partial charge in [0, 0.05) is 42.9 Å². The molecule has 2 fully saturated rings. The second kappa shape index (κ2) is 8.90. The molecule has 2 aromatic heterocycles. The highest BCUT2D eigenvalue weighted by Gasteiger charge is 2.25. The van der Waals surface area contributed by atoms with Gasteiger partial charge in [-0.15, -0.1) is 0 Å². The lowest BCUT2D eigenvalue weighted by Crippen LogP contribution is -2.40. The van der Waals surface area contributed by atoms with Crippen LogP contribution in [0.3, 0.4) is 0 Å². The fourth-order valence-electron chi connectivity index (χ4n) is 4.70. The number of hydrogen-bond donors (Lipinski definition) is 2. The number of carbonyl (C=O) groups is 1. The smallest absolute Gasteiger partial charge is 0.273 e. The molecule has 1 atom stereocenters. The van der Waals surface area contributed by atoms with E-state index in [-0.39, 0.29) is 5.91 Å². The summed E-state index contributed by atoms with van der Waals surface area (Å²) in [7, 11) is 0. The number of carbonyl (C=O) groups excluding carboxylic acids is 1. The van der Waals surface area contributed by atoms with E-state index in [0.29, 0.717) is 29.8 Å². The first kappa shape index (κ1) is 19.2. The summed E-state index contributed by atoms with van der Waals surface area (Å²) in [4.78, 5) is 14.7. The predicted octanol–water partition coefficient (Wildman–Crippen LogP) is 3.40. The van der Waals surface area contributed by atoms with Gasteiger partial charge in [-0.1, -0.05) is 24.4 Å². The van der Waals surface area contributed by atoms with Gasteiger partial charge in [-0.3, -0.25) is 14.8 Å². The molecule has 28 heavy (non-hydrogen) atoms. The molecule has 2 aliphatic rings. The minimum atomic E-state index is -0.150. The Labute approximate surface area is 166 Å². The fourth-order valence-corrected chi connectivity index (χ4v) is 4.70. The number of rotatable bonds is 6. The summed E-state index contributed by atoms with van der Waals surface area (Å²) in [5.41, 5.74) is 3.08. The van der Waals surface area contributed by atoms with Crippen LogP contribution in [-0.2, 0) is 6.54 Å². The molecule has 2 aromatic rings. The van der Waals surface area contributed by atoms with Gasteiger partial charge in [0.2, 0.25) is 0 Å². The number of amides is 1. The predicted molar refractivity (Wildman–Crippen MR) is 106 cm³/mol. The Balaban J connectivity index is 1.29. The first-order valence-electron chi connectivity index (χ1n) is 10.6. The van der Waals surface area contributed by atoms with Gasteiger partial charge in [0.25, 0.3) is 5.91 Å². The van der Waals surface area contributed by atoms with Crippen LogP contribution in [0.1, 0.15) is 78.4 Å². The zero-order valence-electron chi connectivity index (χ0n) is 16.7. The quantitative estimate of drug-likeness (QED) is 0.796. The van der Waals surface area contributed by atoms with Crippen molar-refractivity contribution >= 4 is 5.91 Å². The number of piperidine rings is 1. The van der Waals surface area contributed by atoms with E-state index in [4.69, 9.17) is 4.52 Å². The Morgan fingerprint density at radius 3 is 2.93 bits per heavy atom. The molecule has 3 heterocycles. The van der Waals surface area contributed by atoms with Crippen molar-refractivity contribution in [2.24, 2.45) is 5.92 Å². The van der Waals surface area contributed by atoms with Crippen LogP contribution in [0.4, 0.5) is 0 Å². The van der Waals surface area contributed by atoms with Crippen molar-refractivity contribution in [2.45, 2.75) is 64.3 Å². The van der Waals surface area contributed by atoms with E-state index in [9.17, 15) is 4.79 Å². The lowest BCUT2D eigenvalue weighted by Gasteiger charge is -2.33. The maximum absolute atomic E-state index is 12.2. The molecule has 1 aliphatic heterocycles. The van der Waals surface area contributed by atoms with Crippen molar-refractivity contribution in [3.8, 4) is 0 Å². The van der Waals surface area contributed by atoms with Crippen molar-refractivity contribution < 1.29 is 9.32 Å². The second-order valence-electron chi connectivity index (χ2n) is 8.42. The Hall–Kier alpha value is -2.15. The molecule has 0 radical (unpaired) electrons. The molecule has 7 heteroatoms. The van der Waals surface area contributed by atoms with Crippen molar-refractivity contribution in [2.75, 3.05) is 19.6 Å². The largest absolute Gasteiger partial charge is 0.361 e. The molecule has 1 aliphatic carbocycles. The Morgan fingerprint density at radius 1 is 1.29 bits per heavy atom. The molecule has 0 aromatic carbocycles. The number of nitrogens with zero attached hydrogens (tertiary/aromatic N) is 3. The zero-order valence-corrected chi connectivity index (χ0v) is 16.7. The molecular formula is C21H31N5O2. The van der Waals surface area contributed by atoms with Gasteiger partial charge in [0.15, 0.2) is 5.69 Å². The molecule has 1 unspecified atom stereocenters. The summed E-state index contributed by atoms with van der Waals surface area (Å²) in [6.45, 7) is 5.55. The Morgan fingerprint density at radius 2 is 2.14 bits per heavy atom. The molecule has 1 amide bonds. The van der Waals surface area contributed by atoms with Crippen molar-refractivity contribution in [1.82, 2.24) is 25.6 Å². The van der Waals surface area contributed by atoms with Gasteiger partial charge in [-0.2, -0.15) is 5.10 Å². The highest BCUT2D eigenvalue weighted by Crippen LogP contribution is 2.33. The monoisotopic (exact) mass is 385 g/mol. The summed E-state index contributed by atoms with van der Waals surface area (Å²) in [5, 5.41) is 14.4. The maximum atomic E-state index is 12.2. The normalized spacial score (nSPS) is 21.7. The molecule has 1 saturated carbocycles. The van der Waals surface area contributed by atoms with Crippen molar-refractivity contribution in [3.05, 3.63) is 35.0 Å². The van der Waals surface area contributed by atoms with E-state index >= 15 is 0 Å². The Bertz CT molecular complexity index is 777. The van der Waals surface area contributed by atoms with Crippen LogP contribution in [-0.4, -0.2) is 45.8 Å². The molecule has 7 nitrogen and oxygen atoms in total. The lowest BCUT2D eigenvalue weighted by molar-refractivity contribution is 0.0921. The van der Waals surface area contributed by atoms with E-state index in [1.54, 1.807) is 13.0 Å². The number of aromatic amines is 1. The number of aromatic nitrogens is 3. The van der Waals surface area contributed by atoms with Crippen LogP contribution < -0.4 is 5.32 Å². The van der Waals surface area contributed by atoms with E-state index in [1.165, 1.54) is 49.8 Å². The summed E-state index contributed by atoms with van der Waals surface area (Å²) >= 11 is 0. The third kappa shape index (κ3) is 4.63. The standard InChI is InChI=1S/C21H31N5O2/c1-15-10-19(25-28-15)21(27)22-11-16-6-5-9-26(13-16)14-18-12-23-24-20(18)17-7-3-2-4-8-17/h10,12,16-17H,2-9,11,13-14H2,1H3,(H,22,27)(H,23,24). The van der Waals surface area contributed by atoms with E-state index in [2.05, 4.69) is 25.6 Å². The average Bonchev–Trinajstić information content (AvgIpc) is 3.36. The van der Waals surface area contributed by atoms with Crippen LogP contribution >= 0.6 is 0 Å². The third-order valence-corrected chi connectivity index (χ3v) is 6.17. The number of hydrogen-bond acceptors (Lipinski definition) is 5. The first-order chi connectivity index (χ1) is 13.7. The minimum Gasteiger partial charge on any atom is -0.361 e. The Kier molecular flexibility index (Phi) is 6.10. The molecule has 1 saturated heterocycles. The minimum absolute atomic E-state index is 0.150. The third-order valence-electron chi connectivity index (χ3n) is 6.17. The lowest BCUT2D eigenvalue weighted by atomic mass is 9.85. The summed E-state index contributed by atoms with van der Waals surface area (Å²) in [6, 6.07) is 1.67. The van der Waals surface area contributed by atoms with E-state index in [0.717, 1.165) is 26.1 Å². The molecule has 2 N–H and O–H groups in total.